The third kappa shape index (κ3) is 10.4. The topological polar surface area (TPSA) is 302 Å². The SMILES string of the molecule is COc1cc(C(=O)OC[C@H]2O[C@@H](O/C=C/c3ccc(O[C@@H](CO)[C@@H](O)c4ccc(O[C@@H]5O[C@H](CO)[C@@H](O)[C@H](O)[C@H]5O)c(OC)c4)c(OC)c3)[C@H](O)[C@@H](O)[C@@H]2O)ccc1O. The van der Waals surface area contributed by atoms with Gasteiger partial charge in [-0.05, 0) is 59.7 Å². The molecule has 3 aromatic carbocycles. The van der Waals surface area contributed by atoms with Gasteiger partial charge in [0.2, 0.25) is 12.6 Å². The Bertz CT molecular complexity index is 1870. The van der Waals surface area contributed by atoms with Gasteiger partial charge in [0, 0.05) is 0 Å². The Kier molecular flexibility index (Phi) is 15.5. The number of aliphatic hydroxyl groups excluding tert-OH is 9. The molecule has 0 bridgehead atoms. The Hall–Kier alpha value is -4.97. The summed E-state index contributed by atoms with van der Waals surface area (Å²) >= 11 is 0. The van der Waals surface area contributed by atoms with Crippen molar-refractivity contribution in [3.63, 3.8) is 0 Å². The Morgan fingerprint density at radius 3 is 2.00 bits per heavy atom. The molecular weight excluding hydrogens is 788 g/mol. The molecule has 12 atom stereocenters. The van der Waals surface area contributed by atoms with Gasteiger partial charge in [-0.3, -0.25) is 0 Å². The average Bonchev–Trinajstić information content (AvgIpc) is 3.25. The van der Waals surface area contributed by atoms with Crippen LogP contribution in [0.4, 0.5) is 0 Å². The predicted molar refractivity (Wildman–Crippen MR) is 199 cm³/mol. The highest BCUT2D eigenvalue weighted by Crippen LogP contribution is 2.36. The molecule has 0 radical (unpaired) electrons. The van der Waals surface area contributed by atoms with Crippen LogP contribution in [0.5, 0.6) is 34.5 Å². The molecular formula is C39H48O20. The van der Waals surface area contributed by atoms with Crippen molar-refractivity contribution >= 4 is 12.0 Å². The molecule has 0 aromatic heterocycles. The van der Waals surface area contributed by atoms with Crippen LogP contribution < -0.4 is 23.7 Å². The number of hydrogen-bond acceptors (Lipinski definition) is 20. The van der Waals surface area contributed by atoms with Gasteiger partial charge in [-0.25, -0.2) is 4.79 Å². The lowest BCUT2D eigenvalue weighted by molar-refractivity contribution is -0.287. The van der Waals surface area contributed by atoms with Crippen LogP contribution in [0.3, 0.4) is 0 Å². The second-order valence-electron chi connectivity index (χ2n) is 13.4. The molecule has 2 aliphatic rings. The molecule has 2 saturated heterocycles. The fourth-order valence-corrected chi connectivity index (χ4v) is 6.13. The summed E-state index contributed by atoms with van der Waals surface area (Å²) in [6.45, 7) is -1.84. The summed E-state index contributed by atoms with van der Waals surface area (Å²) < 4.78 is 49.2. The zero-order valence-corrected chi connectivity index (χ0v) is 32.0. The minimum Gasteiger partial charge on any atom is -0.504 e. The van der Waals surface area contributed by atoms with E-state index >= 15 is 0 Å². The first-order valence-corrected chi connectivity index (χ1v) is 18.1. The van der Waals surface area contributed by atoms with Gasteiger partial charge in [0.25, 0.3) is 0 Å². The van der Waals surface area contributed by atoms with E-state index in [0.29, 0.717) is 5.56 Å². The van der Waals surface area contributed by atoms with Gasteiger partial charge in [-0.15, -0.1) is 0 Å². The van der Waals surface area contributed by atoms with Crippen molar-refractivity contribution in [1.29, 1.82) is 0 Å². The summed E-state index contributed by atoms with van der Waals surface area (Å²) in [6.07, 6.45) is -15.6. The molecule has 2 aliphatic heterocycles. The number of esters is 1. The normalized spacial score (nSPS) is 28.0. The number of rotatable bonds is 17. The molecule has 2 fully saturated rings. The predicted octanol–water partition coefficient (Wildman–Crippen LogP) is -1.28. The third-order valence-corrected chi connectivity index (χ3v) is 9.55. The van der Waals surface area contributed by atoms with Crippen molar-refractivity contribution in [3.8, 4) is 34.5 Å². The van der Waals surface area contributed by atoms with Crippen molar-refractivity contribution in [2.24, 2.45) is 0 Å². The van der Waals surface area contributed by atoms with Gasteiger partial charge in [0.05, 0.1) is 46.4 Å². The van der Waals surface area contributed by atoms with E-state index in [1.165, 1.54) is 75.9 Å². The number of ether oxygens (including phenoxy) is 9. The molecule has 59 heavy (non-hydrogen) atoms. The summed E-state index contributed by atoms with van der Waals surface area (Å²) in [6, 6.07) is 12.6. The molecule has 10 N–H and O–H groups in total. The first kappa shape index (κ1) is 45.1. The van der Waals surface area contributed by atoms with E-state index in [-0.39, 0.29) is 45.6 Å². The molecule has 0 aliphatic carbocycles. The first-order valence-electron chi connectivity index (χ1n) is 18.1. The van der Waals surface area contributed by atoms with Crippen molar-refractivity contribution in [2.45, 2.75) is 73.6 Å². The van der Waals surface area contributed by atoms with Crippen LogP contribution in [0.2, 0.25) is 0 Å². The molecule has 20 nitrogen and oxygen atoms in total. The summed E-state index contributed by atoms with van der Waals surface area (Å²) in [4.78, 5) is 12.6. The van der Waals surface area contributed by atoms with E-state index in [1.54, 1.807) is 6.07 Å². The standard InChI is InChI=1S/C39H48O20/c1-51-24-14-20(5-7-21(24)42)37(50)55-17-29-32(45)34(47)35(48)38(59-29)54-11-10-18-4-8-22(25(12-18)52-2)56-27(15-40)30(43)19-6-9-23(26(13-19)53-3)57-39-36(49)33(46)31(44)28(16-41)58-39/h4-14,27-36,38-49H,15-17H2,1-3H3/b11-10+/t27-,28+,29+,30-,31+,32+,33-,34-,35+,36+,38+,39+/m0/s1. The smallest absolute Gasteiger partial charge is 0.338 e. The number of benzene rings is 3. The lowest BCUT2D eigenvalue weighted by Gasteiger charge is -2.39. The van der Waals surface area contributed by atoms with Crippen LogP contribution in [-0.2, 0) is 18.9 Å². The third-order valence-electron chi connectivity index (χ3n) is 9.55. The van der Waals surface area contributed by atoms with Gasteiger partial charge < -0.3 is 93.7 Å². The van der Waals surface area contributed by atoms with E-state index in [1.807, 2.05) is 0 Å². The Balaban J connectivity index is 1.20. The van der Waals surface area contributed by atoms with Crippen LogP contribution in [0, 0.1) is 0 Å². The van der Waals surface area contributed by atoms with Crippen molar-refractivity contribution < 1.29 is 98.5 Å². The summed E-state index contributed by atoms with van der Waals surface area (Å²) in [5.74, 6) is -0.596. The maximum atomic E-state index is 12.6. The van der Waals surface area contributed by atoms with Gasteiger partial charge in [0.1, 0.15) is 61.5 Å². The quantitative estimate of drug-likeness (QED) is 0.0560. The van der Waals surface area contributed by atoms with Crippen LogP contribution in [0.1, 0.15) is 27.6 Å². The lowest BCUT2D eigenvalue weighted by Crippen LogP contribution is -2.60. The summed E-state index contributed by atoms with van der Waals surface area (Å²) in [7, 11) is 3.98. The van der Waals surface area contributed by atoms with E-state index in [4.69, 9.17) is 42.6 Å². The largest absolute Gasteiger partial charge is 0.504 e. The monoisotopic (exact) mass is 836 g/mol. The molecule has 0 unspecified atom stereocenters. The maximum Gasteiger partial charge on any atom is 0.338 e. The lowest BCUT2D eigenvalue weighted by atomic mass is 9.99. The van der Waals surface area contributed by atoms with Gasteiger partial charge in [0.15, 0.2) is 40.6 Å². The minimum atomic E-state index is -1.73. The highest BCUT2D eigenvalue weighted by Gasteiger charge is 2.46. The van der Waals surface area contributed by atoms with E-state index < -0.39 is 99.4 Å². The van der Waals surface area contributed by atoms with Crippen LogP contribution >= 0.6 is 0 Å². The summed E-state index contributed by atoms with van der Waals surface area (Å²) in [5, 5.41) is 103. The number of hydrogen-bond donors (Lipinski definition) is 10. The number of methoxy groups -OCH3 is 3. The van der Waals surface area contributed by atoms with Crippen molar-refractivity contribution in [2.75, 3.05) is 41.2 Å². The van der Waals surface area contributed by atoms with Gasteiger partial charge >= 0.3 is 5.97 Å². The number of aliphatic hydroxyl groups is 9. The van der Waals surface area contributed by atoms with Crippen LogP contribution in [-0.4, -0.2) is 166 Å². The zero-order chi connectivity index (χ0) is 43.0. The summed E-state index contributed by atoms with van der Waals surface area (Å²) in [5.41, 5.74) is 0.740. The van der Waals surface area contributed by atoms with E-state index in [2.05, 4.69) is 0 Å². The highest BCUT2D eigenvalue weighted by molar-refractivity contribution is 5.90. The van der Waals surface area contributed by atoms with Gasteiger partial charge in [-0.2, -0.15) is 0 Å². The van der Waals surface area contributed by atoms with Crippen molar-refractivity contribution in [3.05, 3.63) is 77.5 Å². The van der Waals surface area contributed by atoms with E-state index in [9.17, 15) is 55.9 Å². The zero-order valence-electron chi connectivity index (χ0n) is 32.0. The number of carbonyl (C=O) groups is 1. The second kappa shape index (κ2) is 20.3. The Labute approximate surface area is 337 Å². The fraction of sp³-hybridized carbons (Fsp3) is 0.462. The molecule has 0 saturated carbocycles. The molecule has 0 spiro atoms. The number of phenolic OH excluding ortho intramolecular Hbond substituents is 1. The highest BCUT2D eigenvalue weighted by atomic mass is 16.7. The molecule has 20 heteroatoms. The van der Waals surface area contributed by atoms with Crippen molar-refractivity contribution in [1.82, 2.24) is 0 Å². The van der Waals surface area contributed by atoms with Gasteiger partial charge in [-0.1, -0.05) is 12.1 Å². The molecule has 0 amide bonds. The molecule has 3 aromatic rings. The van der Waals surface area contributed by atoms with Crippen LogP contribution in [0.25, 0.3) is 6.08 Å². The fourth-order valence-electron chi connectivity index (χ4n) is 6.13. The second-order valence-corrected chi connectivity index (χ2v) is 13.4. The molecule has 324 valence electrons. The van der Waals surface area contributed by atoms with E-state index in [0.717, 1.165) is 6.26 Å². The number of aromatic hydroxyl groups is 1. The molecule has 2 heterocycles. The number of carbonyl (C=O) groups excluding carboxylic acids is 1. The molecule has 5 rings (SSSR count). The minimum absolute atomic E-state index is 0.0239. The maximum absolute atomic E-state index is 12.6. The first-order chi connectivity index (χ1) is 28.2. The van der Waals surface area contributed by atoms with Crippen LogP contribution in [0.15, 0.2) is 60.9 Å². The number of phenols is 1. The average molecular weight is 837 g/mol. The Morgan fingerprint density at radius 1 is 0.712 bits per heavy atom. The Morgan fingerprint density at radius 2 is 1.34 bits per heavy atom.